The zero-order valence-corrected chi connectivity index (χ0v) is 8.01. The van der Waals surface area contributed by atoms with Crippen LogP contribution in [0.3, 0.4) is 0 Å². The van der Waals surface area contributed by atoms with Crippen molar-refractivity contribution in [3.63, 3.8) is 0 Å². The van der Waals surface area contributed by atoms with Crippen LogP contribution in [-0.4, -0.2) is 18.9 Å². The van der Waals surface area contributed by atoms with E-state index in [1.54, 1.807) is 0 Å². The van der Waals surface area contributed by atoms with Crippen molar-refractivity contribution in [2.24, 2.45) is 0 Å². The van der Waals surface area contributed by atoms with Gasteiger partial charge >= 0.3 is 0 Å². The molecular formula is C9H19NO2. The topological polar surface area (TPSA) is 30.5 Å². The Kier molecular flexibility index (Phi) is 4.58. The molecular weight excluding hydrogens is 154 g/mol. The Morgan fingerprint density at radius 2 is 2.33 bits per heavy atom. The second-order valence-corrected chi connectivity index (χ2v) is 3.26. The van der Waals surface area contributed by atoms with E-state index in [0.717, 1.165) is 19.4 Å². The molecule has 0 amide bonds. The monoisotopic (exact) mass is 173 g/mol. The first-order valence-corrected chi connectivity index (χ1v) is 4.91. The van der Waals surface area contributed by atoms with Gasteiger partial charge in [-0.25, -0.2) is 9.78 Å². The van der Waals surface area contributed by atoms with Crippen molar-refractivity contribution >= 4 is 0 Å². The highest BCUT2D eigenvalue weighted by atomic mass is 17.2. The van der Waals surface area contributed by atoms with Crippen LogP contribution in [0.5, 0.6) is 0 Å². The van der Waals surface area contributed by atoms with Crippen LogP contribution >= 0.6 is 0 Å². The van der Waals surface area contributed by atoms with Gasteiger partial charge in [0.25, 0.3) is 0 Å². The van der Waals surface area contributed by atoms with Crippen molar-refractivity contribution in [1.29, 1.82) is 0 Å². The summed E-state index contributed by atoms with van der Waals surface area (Å²) < 4.78 is 0. The van der Waals surface area contributed by atoms with Crippen LogP contribution in [0.2, 0.25) is 0 Å². The lowest BCUT2D eigenvalue weighted by atomic mass is 10.1. The summed E-state index contributed by atoms with van der Waals surface area (Å²) in [4.78, 5) is 9.84. The lowest BCUT2D eigenvalue weighted by molar-refractivity contribution is -0.281. The molecule has 1 heterocycles. The van der Waals surface area contributed by atoms with E-state index in [4.69, 9.17) is 9.78 Å². The average Bonchev–Trinajstić information content (AvgIpc) is 2.56. The SMILES string of the molecule is CCCC(CC)NC1CCOO1. The molecule has 0 bridgehead atoms. The first-order chi connectivity index (χ1) is 5.86. The van der Waals surface area contributed by atoms with Gasteiger partial charge in [-0.3, -0.25) is 5.32 Å². The molecule has 3 nitrogen and oxygen atoms in total. The molecule has 0 aromatic rings. The summed E-state index contributed by atoms with van der Waals surface area (Å²) >= 11 is 0. The molecule has 0 saturated carbocycles. The molecule has 1 saturated heterocycles. The van der Waals surface area contributed by atoms with Gasteiger partial charge in [0, 0.05) is 12.5 Å². The molecule has 12 heavy (non-hydrogen) atoms. The number of hydrogen-bond donors (Lipinski definition) is 1. The van der Waals surface area contributed by atoms with Gasteiger partial charge in [0.1, 0.15) is 6.23 Å². The van der Waals surface area contributed by atoms with Gasteiger partial charge in [-0.05, 0) is 12.8 Å². The van der Waals surface area contributed by atoms with Crippen LogP contribution in [0.4, 0.5) is 0 Å². The molecule has 0 aromatic heterocycles. The van der Waals surface area contributed by atoms with Crippen molar-refractivity contribution in [3.8, 4) is 0 Å². The van der Waals surface area contributed by atoms with Gasteiger partial charge in [0.05, 0.1) is 6.61 Å². The Labute approximate surface area is 74.4 Å². The second kappa shape index (κ2) is 5.51. The first kappa shape index (κ1) is 9.96. The van der Waals surface area contributed by atoms with E-state index >= 15 is 0 Å². The second-order valence-electron chi connectivity index (χ2n) is 3.26. The minimum atomic E-state index is 0.126. The highest BCUT2D eigenvalue weighted by Crippen LogP contribution is 2.09. The van der Waals surface area contributed by atoms with E-state index in [0.29, 0.717) is 6.04 Å². The van der Waals surface area contributed by atoms with Crippen LogP contribution in [0.15, 0.2) is 0 Å². The Morgan fingerprint density at radius 1 is 1.50 bits per heavy atom. The van der Waals surface area contributed by atoms with Crippen LogP contribution in [0.1, 0.15) is 39.5 Å². The molecule has 0 aliphatic carbocycles. The van der Waals surface area contributed by atoms with Crippen molar-refractivity contribution in [2.75, 3.05) is 6.61 Å². The molecule has 1 aliphatic heterocycles. The van der Waals surface area contributed by atoms with Gasteiger partial charge in [-0.15, -0.1) is 0 Å². The maximum Gasteiger partial charge on any atom is 0.146 e. The van der Waals surface area contributed by atoms with Crippen molar-refractivity contribution < 1.29 is 9.78 Å². The van der Waals surface area contributed by atoms with Crippen LogP contribution < -0.4 is 5.32 Å². The van der Waals surface area contributed by atoms with Gasteiger partial charge < -0.3 is 0 Å². The Hall–Kier alpha value is -0.120. The molecule has 0 radical (unpaired) electrons. The zero-order chi connectivity index (χ0) is 8.81. The minimum absolute atomic E-state index is 0.126. The standard InChI is InChI=1S/C9H19NO2/c1-3-5-8(4-2)10-9-6-7-11-12-9/h8-10H,3-7H2,1-2H3. The molecule has 2 unspecified atom stereocenters. The molecule has 1 N–H and O–H groups in total. The van der Waals surface area contributed by atoms with Gasteiger partial charge in [0.2, 0.25) is 0 Å². The van der Waals surface area contributed by atoms with Gasteiger partial charge in [0.15, 0.2) is 0 Å². The lowest BCUT2D eigenvalue weighted by Crippen LogP contribution is -2.37. The molecule has 1 aliphatic rings. The van der Waals surface area contributed by atoms with Crippen molar-refractivity contribution in [3.05, 3.63) is 0 Å². The van der Waals surface area contributed by atoms with E-state index in [9.17, 15) is 0 Å². The Balaban J connectivity index is 2.16. The Morgan fingerprint density at radius 3 is 2.83 bits per heavy atom. The Bertz CT molecular complexity index is 113. The molecule has 0 spiro atoms. The van der Waals surface area contributed by atoms with Gasteiger partial charge in [-0.1, -0.05) is 20.3 Å². The maximum atomic E-state index is 5.02. The average molecular weight is 173 g/mol. The zero-order valence-electron chi connectivity index (χ0n) is 8.01. The van der Waals surface area contributed by atoms with Crippen LogP contribution in [0.25, 0.3) is 0 Å². The van der Waals surface area contributed by atoms with E-state index in [1.165, 1.54) is 12.8 Å². The lowest BCUT2D eigenvalue weighted by Gasteiger charge is -2.18. The molecule has 0 aromatic carbocycles. The summed E-state index contributed by atoms with van der Waals surface area (Å²) in [5.74, 6) is 0. The fourth-order valence-corrected chi connectivity index (χ4v) is 1.46. The quantitative estimate of drug-likeness (QED) is 0.643. The smallest absolute Gasteiger partial charge is 0.146 e. The highest BCUT2D eigenvalue weighted by Gasteiger charge is 2.19. The molecule has 3 heteroatoms. The largest absolute Gasteiger partial charge is 0.287 e. The van der Waals surface area contributed by atoms with Crippen LogP contribution in [0, 0.1) is 0 Å². The summed E-state index contributed by atoms with van der Waals surface area (Å²) in [6, 6.07) is 0.585. The maximum absolute atomic E-state index is 5.02. The molecule has 1 rings (SSSR count). The van der Waals surface area contributed by atoms with E-state index in [1.807, 2.05) is 0 Å². The van der Waals surface area contributed by atoms with Crippen LogP contribution in [-0.2, 0) is 9.78 Å². The third-order valence-corrected chi connectivity index (χ3v) is 2.20. The summed E-state index contributed by atoms with van der Waals surface area (Å²) in [5.41, 5.74) is 0. The van der Waals surface area contributed by atoms with E-state index in [2.05, 4.69) is 19.2 Å². The predicted molar refractivity (Wildman–Crippen MR) is 47.6 cm³/mol. The van der Waals surface area contributed by atoms with E-state index in [-0.39, 0.29) is 6.23 Å². The predicted octanol–water partition coefficient (Wildman–Crippen LogP) is 1.83. The summed E-state index contributed by atoms with van der Waals surface area (Å²) in [7, 11) is 0. The number of rotatable bonds is 5. The fraction of sp³-hybridized carbons (Fsp3) is 1.00. The third-order valence-electron chi connectivity index (χ3n) is 2.20. The molecule has 72 valence electrons. The number of nitrogens with one attached hydrogen (secondary N) is 1. The van der Waals surface area contributed by atoms with Gasteiger partial charge in [-0.2, -0.15) is 0 Å². The highest BCUT2D eigenvalue weighted by molar-refractivity contribution is 4.67. The summed E-state index contributed by atoms with van der Waals surface area (Å²) in [6.45, 7) is 5.12. The first-order valence-electron chi connectivity index (χ1n) is 4.91. The number of hydrogen-bond acceptors (Lipinski definition) is 3. The summed E-state index contributed by atoms with van der Waals surface area (Å²) in [5, 5.41) is 3.42. The molecule has 1 fully saturated rings. The van der Waals surface area contributed by atoms with Crippen molar-refractivity contribution in [1.82, 2.24) is 5.32 Å². The fourth-order valence-electron chi connectivity index (χ4n) is 1.46. The van der Waals surface area contributed by atoms with Crippen molar-refractivity contribution in [2.45, 2.75) is 51.8 Å². The van der Waals surface area contributed by atoms with E-state index < -0.39 is 0 Å². The molecule has 2 atom stereocenters. The third kappa shape index (κ3) is 3.09. The minimum Gasteiger partial charge on any atom is -0.287 e. The summed E-state index contributed by atoms with van der Waals surface area (Å²) in [6.07, 6.45) is 4.70. The normalized spacial score (nSPS) is 26.0.